The molecule has 0 fully saturated rings. The van der Waals surface area contributed by atoms with E-state index in [4.69, 9.17) is 12.2 Å². The van der Waals surface area contributed by atoms with E-state index in [0.717, 1.165) is 0 Å². The fourth-order valence-corrected chi connectivity index (χ4v) is 2.13. The van der Waals surface area contributed by atoms with Crippen molar-refractivity contribution >= 4 is 34.5 Å². The van der Waals surface area contributed by atoms with Gasteiger partial charge in [-0.05, 0) is 49.5 Å². The quantitative estimate of drug-likeness (QED) is 0.468. The molecule has 2 rings (SSSR count). The van der Waals surface area contributed by atoms with E-state index in [-0.39, 0.29) is 10.9 Å². The largest absolute Gasteiger partial charge is 0.416 e. The summed E-state index contributed by atoms with van der Waals surface area (Å²) in [7, 11) is 0. The van der Waals surface area contributed by atoms with Crippen molar-refractivity contribution in [2.24, 2.45) is 0 Å². The number of anilines is 2. The molecular weight excluding hydrogens is 344 g/mol. The molecule has 0 saturated heterocycles. The number of alkyl halides is 3. The Morgan fingerprint density at radius 3 is 2.42 bits per heavy atom. The van der Waals surface area contributed by atoms with Gasteiger partial charge in [0.15, 0.2) is 10.9 Å². The second kappa shape index (κ2) is 6.96. The maximum atomic E-state index is 13.7. The molecule has 0 bridgehead atoms. The lowest BCUT2D eigenvalue weighted by atomic mass is 10.1. The summed E-state index contributed by atoms with van der Waals surface area (Å²) < 4.78 is 51.7. The van der Waals surface area contributed by atoms with Crippen molar-refractivity contribution in [2.75, 3.05) is 10.6 Å². The number of ketones is 1. The van der Waals surface area contributed by atoms with Gasteiger partial charge >= 0.3 is 6.18 Å². The predicted octanol–water partition coefficient (Wildman–Crippen LogP) is 4.86. The first-order valence-corrected chi connectivity index (χ1v) is 7.13. The molecule has 2 N–H and O–H groups in total. The van der Waals surface area contributed by atoms with E-state index in [0.29, 0.717) is 29.4 Å². The van der Waals surface area contributed by atoms with Gasteiger partial charge in [-0.2, -0.15) is 13.2 Å². The molecule has 126 valence electrons. The van der Waals surface area contributed by atoms with E-state index in [1.54, 1.807) is 18.2 Å². The van der Waals surface area contributed by atoms with Crippen LogP contribution in [-0.2, 0) is 6.18 Å². The number of rotatable bonds is 3. The molecule has 0 atom stereocenters. The summed E-state index contributed by atoms with van der Waals surface area (Å²) in [5, 5.41) is 4.97. The Morgan fingerprint density at radius 1 is 1.08 bits per heavy atom. The Morgan fingerprint density at radius 2 is 1.79 bits per heavy atom. The van der Waals surface area contributed by atoms with Crippen LogP contribution >= 0.6 is 12.2 Å². The normalized spacial score (nSPS) is 11.0. The van der Waals surface area contributed by atoms with Gasteiger partial charge in [-0.1, -0.05) is 12.1 Å². The molecule has 3 nitrogen and oxygen atoms in total. The molecule has 0 amide bonds. The number of nitrogens with one attached hydrogen (secondary N) is 2. The number of carbonyl (C=O) groups is 1. The third kappa shape index (κ3) is 4.51. The first-order chi connectivity index (χ1) is 11.2. The average Bonchev–Trinajstić information content (AvgIpc) is 2.48. The SMILES string of the molecule is CC(=O)c1cccc(NC(=S)Nc2cc(C(F)(F)F)ccc2F)c1. The Balaban J connectivity index is 2.15. The Kier molecular flexibility index (Phi) is 5.18. The van der Waals surface area contributed by atoms with Crippen molar-refractivity contribution < 1.29 is 22.4 Å². The molecule has 0 unspecified atom stereocenters. The Bertz CT molecular complexity index is 790. The molecule has 24 heavy (non-hydrogen) atoms. The number of carbonyl (C=O) groups excluding carboxylic acids is 1. The van der Waals surface area contributed by atoms with Gasteiger partial charge in [0, 0.05) is 11.3 Å². The van der Waals surface area contributed by atoms with Crippen LogP contribution in [0.5, 0.6) is 0 Å². The molecule has 0 saturated carbocycles. The smallest absolute Gasteiger partial charge is 0.332 e. The fourth-order valence-electron chi connectivity index (χ4n) is 1.90. The third-order valence-electron chi connectivity index (χ3n) is 3.07. The van der Waals surface area contributed by atoms with Gasteiger partial charge < -0.3 is 10.6 Å². The number of thiocarbonyl (C=S) groups is 1. The second-order valence-corrected chi connectivity index (χ2v) is 5.32. The summed E-state index contributed by atoms with van der Waals surface area (Å²) in [5.74, 6) is -1.02. The van der Waals surface area contributed by atoms with Crippen LogP contribution in [0.1, 0.15) is 22.8 Å². The molecule has 2 aromatic rings. The molecule has 0 aliphatic heterocycles. The minimum Gasteiger partial charge on any atom is -0.332 e. The van der Waals surface area contributed by atoms with E-state index >= 15 is 0 Å². The Labute approximate surface area is 140 Å². The van der Waals surface area contributed by atoms with Gasteiger partial charge in [-0.25, -0.2) is 4.39 Å². The molecule has 0 radical (unpaired) electrons. The van der Waals surface area contributed by atoms with Crippen molar-refractivity contribution in [3.8, 4) is 0 Å². The van der Waals surface area contributed by atoms with Crippen LogP contribution in [0.15, 0.2) is 42.5 Å². The third-order valence-corrected chi connectivity index (χ3v) is 3.27. The van der Waals surface area contributed by atoms with Gasteiger partial charge in [-0.15, -0.1) is 0 Å². The number of Topliss-reactive ketones (excluding diaryl/α,β-unsaturated/α-hetero) is 1. The summed E-state index contributed by atoms with van der Waals surface area (Å²) in [6.45, 7) is 1.40. The topological polar surface area (TPSA) is 41.1 Å². The summed E-state index contributed by atoms with van der Waals surface area (Å²) >= 11 is 4.97. The van der Waals surface area contributed by atoms with Gasteiger partial charge in [0.25, 0.3) is 0 Å². The van der Waals surface area contributed by atoms with Crippen molar-refractivity contribution in [3.05, 3.63) is 59.4 Å². The number of hydrogen-bond acceptors (Lipinski definition) is 2. The zero-order chi connectivity index (χ0) is 17.9. The molecule has 2 aromatic carbocycles. The zero-order valence-corrected chi connectivity index (χ0v) is 13.2. The highest BCUT2D eigenvalue weighted by Gasteiger charge is 2.31. The van der Waals surface area contributed by atoms with Gasteiger partial charge in [0.1, 0.15) is 5.82 Å². The van der Waals surface area contributed by atoms with Crippen LogP contribution in [-0.4, -0.2) is 10.9 Å². The van der Waals surface area contributed by atoms with Crippen LogP contribution in [0.2, 0.25) is 0 Å². The van der Waals surface area contributed by atoms with Gasteiger partial charge in [0.05, 0.1) is 11.3 Å². The molecule has 8 heteroatoms. The number of hydrogen-bond donors (Lipinski definition) is 2. The minimum absolute atomic E-state index is 0.103. The van der Waals surface area contributed by atoms with Crippen molar-refractivity contribution in [3.63, 3.8) is 0 Å². The van der Waals surface area contributed by atoms with E-state index in [1.807, 2.05) is 0 Å². The van der Waals surface area contributed by atoms with Crippen molar-refractivity contribution in [2.45, 2.75) is 13.1 Å². The van der Waals surface area contributed by atoms with Crippen LogP contribution in [0, 0.1) is 5.82 Å². The monoisotopic (exact) mass is 356 g/mol. The highest BCUT2D eigenvalue weighted by atomic mass is 32.1. The first kappa shape index (κ1) is 17.9. The maximum Gasteiger partial charge on any atom is 0.416 e. The van der Waals surface area contributed by atoms with Crippen LogP contribution < -0.4 is 10.6 Å². The van der Waals surface area contributed by atoms with E-state index in [9.17, 15) is 22.4 Å². The van der Waals surface area contributed by atoms with E-state index in [2.05, 4.69) is 10.6 Å². The van der Waals surface area contributed by atoms with Crippen molar-refractivity contribution in [1.29, 1.82) is 0 Å². The van der Waals surface area contributed by atoms with Crippen LogP contribution in [0.4, 0.5) is 28.9 Å². The van der Waals surface area contributed by atoms with Crippen LogP contribution in [0.25, 0.3) is 0 Å². The highest BCUT2D eigenvalue weighted by molar-refractivity contribution is 7.80. The predicted molar refractivity (Wildman–Crippen MR) is 87.7 cm³/mol. The molecular formula is C16H12F4N2OS. The summed E-state index contributed by atoms with van der Waals surface area (Å²) in [6.07, 6.45) is -4.59. The van der Waals surface area contributed by atoms with E-state index in [1.165, 1.54) is 13.0 Å². The Hall–Kier alpha value is -2.48. The number of benzene rings is 2. The summed E-state index contributed by atoms with van der Waals surface area (Å²) in [5.41, 5.74) is -0.501. The number of halogens is 4. The lowest BCUT2D eigenvalue weighted by molar-refractivity contribution is -0.137. The van der Waals surface area contributed by atoms with E-state index < -0.39 is 23.2 Å². The van der Waals surface area contributed by atoms with Gasteiger partial charge in [0.2, 0.25) is 0 Å². The summed E-state index contributed by atoms with van der Waals surface area (Å²) in [4.78, 5) is 11.3. The molecule has 0 aliphatic rings. The molecule has 0 aliphatic carbocycles. The first-order valence-electron chi connectivity index (χ1n) is 6.72. The van der Waals surface area contributed by atoms with Crippen molar-refractivity contribution in [1.82, 2.24) is 0 Å². The lowest BCUT2D eigenvalue weighted by Gasteiger charge is -2.14. The standard InChI is InChI=1S/C16H12F4N2OS/c1-9(23)10-3-2-4-12(7-10)21-15(24)22-14-8-11(16(18,19)20)5-6-13(14)17/h2-8H,1H3,(H2,21,22,24). The zero-order valence-electron chi connectivity index (χ0n) is 12.4. The maximum absolute atomic E-state index is 13.7. The molecule has 0 heterocycles. The molecule has 0 aromatic heterocycles. The lowest BCUT2D eigenvalue weighted by Crippen LogP contribution is -2.20. The highest BCUT2D eigenvalue weighted by Crippen LogP contribution is 2.31. The summed E-state index contributed by atoms with van der Waals surface area (Å²) in [6, 6.07) is 8.36. The minimum atomic E-state index is -4.59. The average molecular weight is 356 g/mol. The second-order valence-electron chi connectivity index (χ2n) is 4.91. The van der Waals surface area contributed by atoms with Crippen LogP contribution in [0.3, 0.4) is 0 Å². The fraction of sp³-hybridized carbons (Fsp3) is 0.125. The molecule has 0 spiro atoms. The van der Waals surface area contributed by atoms with Gasteiger partial charge in [-0.3, -0.25) is 4.79 Å².